The number of aliphatic hydroxyl groups is 1. The summed E-state index contributed by atoms with van der Waals surface area (Å²) in [6.07, 6.45) is 1.88. The lowest BCUT2D eigenvalue weighted by atomic mass is 10.3. The molecule has 0 spiro atoms. The number of aldehydes is 1. The van der Waals surface area contributed by atoms with Crippen molar-refractivity contribution >= 4 is 35.8 Å². The molecule has 0 aromatic carbocycles. The van der Waals surface area contributed by atoms with E-state index in [1.54, 1.807) is 0 Å². The van der Waals surface area contributed by atoms with Gasteiger partial charge in [-0.3, -0.25) is 19.3 Å². The van der Waals surface area contributed by atoms with Gasteiger partial charge in [-0.05, 0) is 0 Å². The molecule has 3 amide bonds. The molecule has 0 unspecified atom stereocenters. The Morgan fingerprint density at radius 2 is 2.04 bits per heavy atom. The Hall–Kier alpha value is -1.75. The van der Waals surface area contributed by atoms with Crippen LogP contribution in [-0.4, -0.2) is 85.9 Å². The maximum atomic E-state index is 12.0. The second-order valence-corrected chi connectivity index (χ2v) is 5.97. The number of rotatable bonds is 14. The van der Waals surface area contributed by atoms with Gasteiger partial charge in [-0.2, -0.15) is 0 Å². The van der Waals surface area contributed by atoms with Gasteiger partial charge in [0.2, 0.25) is 5.91 Å². The summed E-state index contributed by atoms with van der Waals surface area (Å²) in [7, 11) is 0. The molecule has 2 N–H and O–H groups in total. The molecule has 0 aromatic rings. The van der Waals surface area contributed by atoms with Crippen molar-refractivity contribution < 1.29 is 33.8 Å². The molecule has 0 atom stereocenters. The van der Waals surface area contributed by atoms with Gasteiger partial charge in [-0.1, -0.05) is 0 Å². The van der Waals surface area contributed by atoms with Gasteiger partial charge < -0.3 is 24.7 Å². The van der Waals surface area contributed by atoms with E-state index in [-0.39, 0.29) is 37.0 Å². The predicted octanol–water partition coefficient (Wildman–Crippen LogP) is -1.30. The summed E-state index contributed by atoms with van der Waals surface area (Å²) in [6, 6.07) is 0. The lowest BCUT2D eigenvalue weighted by Crippen LogP contribution is -2.36. The minimum atomic E-state index is -0.447. The molecule has 1 aliphatic heterocycles. The monoisotopic (exact) mass is 374 g/mol. The fraction of sp³-hybridized carbons (Fsp3) is 0.600. The van der Waals surface area contributed by atoms with Crippen LogP contribution in [0.4, 0.5) is 0 Å². The number of imide groups is 1. The molecule has 0 radical (unpaired) electrons. The highest BCUT2D eigenvalue weighted by Crippen LogP contribution is 2.23. The van der Waals surface area contributed by atoms with Gasteiger partial charge in [-0.25, -0.2) is 0 Å². The smallest absolute Gasteiger partial charge is 0.267 e. The topological polar surface area (TPSA) is 122 Å². The molecule has 0 aromatic heterocycles. The van der Waals surface area contributed by atoms with Crippen molar-refractivity contribution in [3.05, 3.63) is 11.0 Å². The first-order valence-electron chi connectivity index (χ1n) is 7.77. The average molecular weight is 374 g/mol. The Labute approximate surface area is 149 Å². The van der Waals surface area contributed by atoms with E-state index in [4.69, 9.17) is 14.6 Å². The van der Waals surface area contributed by atoms with Gasteiger partial charge in [0.15, 0.2) is 0 Å². The highest BCUT2D eigenvalue weighted by atomic mass is 32.2. The Morgan fingerprint density at radius 3 is 2.76 bits per heavy atom. The number of thioether (sulfide) groups is 1. The summed E-state index contributed by atoms with van der Waals surface area (Å²) in [5.41, 5.74) is 0. The number of ether oxygens (including phenoxy) is 2. The third-order valence-corrected chi connectivity index (χ3v) is 4.00. The summed E-state index contributed by atoms with van der Waals surface area (Å²) in [4.78, 5) is 46.7. The van der Waals surface area contributed by atoms with E-state index in [1.807, 2.05) is 0 Å². The Kier molecular flexibility index (Phi) is 10.7. The van der Waals surface area contributed by atoms with Gasteiger partial charge >= 0.3 is 0 Å². The van der Waals surface area contributed by atoms with Gasteiger partial charge in [0.05, 0.1) is 31.3 Å². The molecule has 0 saturated heterocycles. The van der Waals surface area contributed by atoms with E-state index >= 15 is 0 Å². The zero-order valence-corrected chi connectivity index (χ0v) is 14.6. The van der Waals surface area contributed by atoms with Crippen molar-refractivity contribution in [1.82, 2.24) is 10.2 Å². The number of aliphatic hydroxyl groups excluding tert-OH is 1. The van der Waals surface area contributed by atoms with E-state index in [0.717, 1.165) is 16.7 Å². The largest absolute Gasteiger partial charge is 0.396 e. The third-order valence-electron chi connectivity index (χ3n) is 3.01. The molecule has 25 heavy (non-hydrogen) atoms. The molecular weight excluding hydrogens is 352 g/mol. The van der Waals surface area contributed by atoms with Crippen LogP contribution in [0, 0.1) is 0 Å². The first-order chi connectivity index (χ1) is 12.1. The Bertz CT molecular complexity index is 510. The Balaban J connectivity index is 2.13. The maximum Gasteiger partial charge on any atom is 0.267 e. The highest BCUT2D eigenvalue weighted by Gasteiger charge is 2.31. The number of hydrogen-bond donors (Lipinski definition) is 2. The van der Waals surface area contributed by atoms with Gasteiger partial charge in [0.25, 0.3) is 11.8 Å². The summed E-state index contributed by atoms with van der Waals surface area (Å²) in [5.74, 6) is -0.844. The van der Waals surface area contributed by atoms with Crippen LogP contribution in [0.2, 0.25) is 0 Å². The lowest BCUT2D eigenvalue weighted by Gasteiger charge is -2.14. The van der Waals surface area contributed by atoms with Crippen LogP contribution in [0.25, 0.3) is 0 Å². The standard InChI is InChI=1S/C15H22N2O7S/c18-4-7-24-9-8-23-6-2-16-13(20)1-3-17-14(21)11-12(15(17)22)25-10-5-19/h4,11,19H,1-3,5-10H2,(H,16,20). The quantitative estimate of drug-likeness (QED) is 0.219. The molecule has 10 heteroatoms. The van der Waals surface area contributed by atoms with Gasteiger partial charge in [0.1, 0.15) is 12.9 Å². The summed E-state index contributed by atoms with van der Waals surface area (Å²) >= 11 is 1.11. The summed E-state index contributed by atoms with van der Waals surface area (Å²) < 4.78 is 10.1. The van der Waals surface area contributed by atoms with Crippen LogP contribution < -0.4 is 5.32 Å². The molecule has 0 saturated carbocycles. The SMILES string of the molecule is O=CCOCCOCCNC(=O)CCN1C(=O)C=C(SCCO)C1=O. The molecule has 0 bridgehead atoms. The zero-order valence-electron chi connectivity index (χ0n) is 13.8. The molecular formula is C15H22N2O7S. The first-order valence-corrected chi connectivity index (χ1v) is 8.75. The molecule has 0 aliphatic carbocycles. The number of hydrogen-bond acceptors (Lipinski definition) is 8. The predicted molar refractivity (Wildman–Crippen MR) is 89.7 cm³/mol. The number of carbonyl (C=O) groups is 4. The molecule has 0 fully saturated rings. The van der Waals surface area contributed by atoms with Gasteiger partial charge in [0, 0.05) is 31.3 Å². The second-order valence-electron chi connectivity index (χ2n) is 4.83. The lowest BCUT2D eigenvalue weighted by molar-refractivity contribution is -0.137. The van der Waals surface area contributed by atoms with Crippen LogP contribution >= 0.6 is 11.8 Å². The minimum Gasteiger partial charge on any atom is -0.396 e. The maximum absolute atomic E-state index is 12.0. The number of amides is 3. The van der Waals surface area contributed by atoms with E-state index in [2.05, 4.69) is 5.32 Å². The first kappa shape index (κ1) is 21.3. The average Bonchev–Trinajstić information content (AvgIpc) is 2.87. The molecule has 1 aliphatic rings. The molecule has 140 valence electrons. The van der Waals surface area contributed by atoms with Crippen molar-refractivity contribution in [3.63, 3.8) is 0 Å². The highest BCUT2D eigenvalue weighted by molar-refractivity contribution is 8.04. The minimum absolute atomic E-state index is 0.00355. The van der Waals surface area contributed by atoms with E-state index < -0.39 is 11.8 Å². The van der Waals surface area contributed by atoms with Crippen LogP contribution in [-0.2, 0) is 28.7 Å². The Morgan fingerprint density at radius 1 is 1.28 bits per heavy atom. The fourth-order valence-electron chi connectivity index (χ4n) is 1.87. The van der Waals surface area contributed by atoms with Crippen molar-refractivity contribution in [2.75, 3.05) is 51.9 Å². The van der Waals surface area contributed by atoms with Crippen molar-refractivity contribution in [3.8, 4) is 0 Å². The normalized spacial score (nSPS) is 14.0. The van der Waals surface area contributed by atoms with Crippen LogP contribution in [0.15, 0.2) is 11.0 Å². The van der Waals surface area contributed by atoms with E-state index in [9.17, 15) is 19.2 Å². The fourth-order valence-corrected chi connectivity index (χ4v) is 2.60. The van der Waals surface area contributed by atoms with Crippen molar-refractivity contribution in [2.24, 2.45) is 0 Å². The van der Waals surface area contributed by atoms with Gasteiger partial charge in [-0.15, -0.1) is 11.8 Å². The third kappa shape index (κ3) is 8.25. The van der Waals surface area contributed by atoms with E-state index in [1.165, 1.54) is 6.08 Å². The van der Waals surface area contributed by atoms with Crippen molar-refractivity contribution in [2.45, 2.75) is 6.42 Å². The number of carbonyl (C=O) groups excluding carboxylic acids is 4. The number of nitrogens with zero attached hydrogens (tertiary/aromatic N) is 1. The van der Waals surface area contributed by atoms with Crippen molar-refractivity contribution in [1.29, 1.82) is 0 Å². The van der Waals surface area contributed by atoms with Crippen LogP contribution in [0.3, 0.4) is 0 Å². The molecule has 9 nitrogen and oxygen atoms in total. The summed E-state index contributed by atoms with van der Waals surface area (Å²) in [6.45, 7) is 1.16. The zero-order chi connectivity index (χ0) is 18.5. The summed E-state index contributed by atoms with van der Waals surface area (Å²) in [5, 5.41) is 11.4. The second kappa shape index (κ2) is 12.6. The molecule has 1 heterocycles. The van der Waals surface area contributed by atoms with Crippen LogP contribution in [0.1, 0.15) is 6.42 Å². The number of nitrogens with one attached hydrogen (secondary N) is 1. The van der Waals surface area contributed by atoms with Crippen LogP contribution in [0.5, 0.6) is 0 Å². The molecule has 1 rings (SSSR count). The van der Waals surface area contributed by atoms with E-state index in [0.29, 0.717) is 38.4 Å².